The Bertz CT molecular complexity index is 315. The number of hydrogen-bond acceptors (Lipinski definition) is 3. The third-order valence-electron chi connectivity index (χ3n) is 5.31. The van der Waals surface area contributed by atoms with Gasteiger partial charge in [-0.25, -0.2) is 0 Å². The predicted molar refractivity (Wildman–Crippen MR) is 116 cm³/mol. The molecule has 0 saturated heterocycles. The minimum absolute atomic E-state index is 0.0801. The summed E-state index contributed by atoms with van der Waals surface area (Å²) in [7, 11) is 0. The first kappa shape index (κ1) is 26.4. The quantitative estimate of drug-likeness (QED) is 0.176. The Hall–Kier alpha value is -0.570. The molecule has 1 N–H and O–H groups in total. The summed E-state index contributed by atoms with van der Waals surface area (Å²) in [6.07, 6.45) is 21.6. The fourth-order valence-electron chi connectivity index (χ4n) is 3.46. The van der Waals surface area contributed by atoms with Crippen molar-refractivity contribution in [2.24, 2.45) is 0 Å². The number of ether oxygens (including phenoxy) is 1. The molecule has 162 valence electrons. The molecule has 0 aliphatic heterocycles. The molecule has 0 aromatic rings. The highest BCUT2D eigenvalue weighted by atomic mass is 16.5. The van der Waals surface area contributed by atoms with Crippen molar-refractivity contribution in [3.63, 3.8) is 0 Å². The average Bonchev–Trinajstić information content (AvgIpc) is 2.63. The van der Waals surface area contributed by atoms with Gasteiger partial charge in [-0.05, 0) is 33.1 Å². The van der Waals surface area contributed by atoms with E-state index in [1.165, 1.54) is 83.5 Å². The Morgan fingerprint density at radius 1 is 0.704 bits per heavy atom. The van der Waals surface area contributed by atoms with Crippen LogP contribution in [-0.4, -0.2) is 23.3 Å². The van der Waals surface area contributed by atoms with Crippen LogP contribution < -0.4 is 0 Å². The molecule has 3 nitrogen and oxygen atoms in total. The first-order valence-electron chi connectivity index (χ1n) is 11.9. The van der Waals surface area contributed by atoms with E-state index in [4.69, 9.17) is 4.74 Å². The number of unbranched alkanes of at least 4 members (excludes halogenated alkanes) is 14. The Morgan fingerprint density at radius 2 is 1.11 bits per heavy atom. The number of hydrogen-bond donors (Lipinski definition) is 1. The molecule has 0 fully saturated rings. The largest absolute Gasteiger partial charge is 0.463 e. The molecular weight excluding hydrogens is 336 g/mol. The van der Waals surface area contributed by atoms with E-state index in [1.807, 2.05) is 6.92 Å². The number of aliphatic hydroxyl groups excluding tert-OH is 1. The van der Waals surface area contributed by atoms with E-state index in [2.05, 4.69) is 6.92 Å². The van der Waals surface area contributed by atoms with Crippen molar-refractivity contribution in [3.05, 3.63) is 0 Å². The van der Waals surface area contributed by atoms with Crippen LogP contribution in [0.2, 0.25) is 0 Å². The Morgan fingerprint density at radius 3 is 1.52 bits per heavy atom. The first-order chi connectivity index (χ1) is 13.1. The molecule has 0 heterocycles. The van der Waals surface area contributed by atoms with Crippen LogP contribution in [0.25, 0.3) is 0 Å². The van der Waals surface area contributed by atoms with E-state index in [9.17, 15) is 9.90 Å². The number of carbonyl (C=O) groups excluding carboxylic acids is 1. The number of carbonyl (C=O) groups is 1. The fourth-order valence-corrected chi connectivity index (χ4v) is 3.46. The van der Waals surface area contributed by atoms with Gasteiger partial charge < -0.3 is 9.84 Å². The maximum atomic E-state index is 11.7. The van der Waals surface area contributed by atoms with Gasteiger partial charge in [0.2, 0.25) is 0 Å². The number of rotatable bonds is 20. The van der Waals surface area contributed by atoms with Crippen LogP contribution in [0.4, 0.5) is 0 Å². The summed E-state index contributed by atoms with van der Waals surface area (Å²) in [6.45, 7) is 5.95. The molecule has 0 aromatic carbocycles. The smallest absolute Gasteiger partial charge is 0.306 e. The molecule has 3 heteroatoms. The van der Waals surface area contributed by atoms with Gasteiger partial charge in [-0.2, -0.15) is 0 Å². The first-order valence-corrected chi connectivity index (χ1v) is 11.9. The van der Waals surface area contributed by atoms with Crippen molar-refractivity contribution in [2.75, 3.05) is 0 Å². The van der Waals surface area contributed by atoms with Gasteiger partial charge in [-0.3, -0.25) is 4.79 Å². The lowest BCUT2D eigenvalue weighted by Gasteiger charge is -2.14. The summed E-state index contributed by atoms with van der Waals surface area (Å²) in [5.74, 6) is -0.0808. The molecule has 0 bridgehead atoms. The van der Waals surface area contributed by atoms with E-state index in [-0.39, 0.29) is 18.2 Å². The number of aliphatic hydroxyl groups is 1. The molecule has 2 atom stereocenters. The van der Waals surface area contributed by atoms with E-state index in [0.717, 1.165) is 19.3 Å². The molecule has 0 aliphatic carbocycles. The topological polar surface area (TPSA) is 46.5 Å². The second-order valence-corrected chi connectivity index (χ2v) is 8.43. The second kappa shape index (κ2) is 20.2. The zero-order valence-corrected chi connectivity index (χ0v) is 18.6. The van der Waals surface area contributed by atoms with Gasteiger partial charge >= 0.3 is 5.97 Å². The van der Waals surface area contributed by atoms with Crippen molar-refractivity contribution in [1.82, 2.24) is 0 Å². The summed E-state index contributed by atoms with van der Waals surface area (Å²) >= 11 is 0. The summed E-state index contributed by atoms with van der Waals surface area (Å²) in [6, 6.07) is 0. The maximum Gasteiger partial charge on any atom is 0.306 e. The normalized spacial score (nSPS) is 13.5. The van der Waals surface area contributed by atoms with Crippen molar-refractivity contribution in [1.29, 1.82) is 0 Å². The second-order valence-electron chi connectivity index (χ2n) is 8.43. The highest BCUT2D eigenvalue weighted by Crippen LogP contribution is 2.14. The summed E-state index contributed by atoms with van der Waals surface area (Å²) in [4.78, 5) is 11.7. The molecule has 0 rings (SSSR count). The Labute approximate surface area is 169 Å². The van der Waals surface area contributed by atoms with Crippen molar-refractivity contribution in [3.8, 4) is 0 Å². The molecule has 0 spiro atoms. The average molecular weight is 385 g/mol. The van der Waals surface area contributed by atoms with Crippen molar-refractivity contribution >= 4 is 5.97 Å². The molecule has 0 aliphatic rings. The fraction of sp³-hybridized carbons (Fsp3) is 0.958. The van der Waals surface area contributed by atoms with Gasteiger partial charge in [0.15, 0.2) is 0 Å². The van der Waals surface area contributed by atoms with E-state index >= 15 is 0 Å². The zero-order chi connectivity index (χ0) is 20.2. The lowest BCUT2D eigenvalue weighted by atomic mass is 10.0. The van der Waals surface area contributed by atoms with Gasteiger partial charge in [0.05, 0.1) is 12.2 Å². The lowest BCUT2D eigenvalue weighted by Crippen LogP contribution is -2.16. The summed E-state index contributed by atoms with van der Waals surface area (Å²) in [5.41, 5.74) is 0. The molecule has 0 amide bonds. The molecule has 0 radical (unpaired) electrons. The van der Waals surface area contributed by atoms with E-state index in [1.54, 1.807) is 6.92 Å². The van der Waals surface area contributed by atoms with Gasteiger partial charge in [0.25, 0.3) is 0 Å². The molecule has 27 heavy (non-hydrogen) atoms. The molecular formula is C24H48O3. The van der Waals surface area contributed by atoms with Gasteiger partial charge in [-0.15, -0.1) is 0 Å². The van der Waals surface area contributed by atoms with Crippen LogP contribution in [0, 0.1) is 0 Å². The summed E-state index contributed by atoms with van der Waals surface area (Å²) < 4.78 is 5.37. The van der Waals surface area contributed by atoms with Crippen LogP contribution in [0.5, 0.6) is 0 Å². The molecule has 2 unspecified atom stereocenters. The third kappa shape index (κ3) is 21.6. The monoisotopic (exact) mass is 384 g/mol. The van der Waals surface area contributed by atoms with Gasteiger partial charge in [0, 0.05) is 6.42 Å². The SMILES string of the molecule is CCCCCCCCCCCCCCCCCC(=O)OC(C)CCC(C)O. The van der Waals surface area contributed by atoms with Crippen molar-refractivity contribution in [2.45, 2.75) is 149 Å². The lowest BCUT2D eigenvalue weighted by molar-refractivity contribution is -0.148. The van der Waals surface area contributed by atoms with Crippen LogP contribution >= 0.6 is 0 Å². The summed E-state index contributed by atoms with van der Waals surface area (Å²) in [5, 5.41) is 9.25. The highest BCUT2D eigenvalue weighted by molar-refractivity contribution is 5.69. The molecule has 0 saturated carbocycles. The third-order valence-corrected chi connectivity index (χ3v) is 5.31. The minimum atomic E-state index is -0.318. The van der Waals surface area contributed by atoms with E-state index in [0.29, 0.717) is 12.8 Å². The highest BCUT2D eigenvalue weighted by Gasteiger charge is 2.10. The van der Waals surface area contributed by atoms with Crippen LogP contribution in [0.1, 0.15) is 136 Å². The van der Waals surface area contributed by atoms with Gasteiger partial charge in [0.1, 0.15) is 0 Å². The van der Waals surface area contributed by atoms with Crippen LogP contribution in [0.15, 0.2) is 0 Å². The van der Waals surface area contributed by atoms with E-state index < -0.39 is 0 Å². The molecule has 0 aromatic heterocycles. The zero-order valence-electron chi connectivity index (χ0n) is 18.6. The Balaban J connectivity index is 3.23. The Kier molecular flexibility index (Phi) is 19.7. The number of esters is 1. The van der Waals surface area contributed by atoms with Crippen molar-refractivity contribution < 1.29 is 14.6 Å². The van der Waals surface area contributed by atoms with Gasteiger partial charge in [-0.1, -0.05) is 96.8 Å². The minimum Gasteiger partial charge on any atom is -0.463 e. The standard InChI is InChI=1S/C24H48O3/c1-4-5-6-7-8-9-10-11-12-13-14-15-16-17-18-19-24(26)27-23(3)21-20-22(2)25/h22-23,25H,4-21H2,1-3H3. The van der Waals surface area contributed by atoms with Crippen LogP contribution in [-0.2, 0) is 9.53 Å². The predicted octanol–water partition coefficient (Wildman–Crippen LogP) is 7.34. The maximum absolute atomic E-state index is 11.7. The van der Waals surface area contributed by atoms with Crippen LogP contribution in [0.3, 0.4) is 0 Å².